The Morgan fingerprint density at radius 1 is 1.30 bits per heavy atom. The van der Waals surface area contributed by atoms with Gasteiger partial charge in [0, 0.05) is 30.3 Å². The number of piperidine rings is 1. The fourth-order valence-electron chi connectivity index (χ4n) is 3.82. The van der Waals surface area contributed by atoms with E-state index in [9.17, 15) is 4.79 Å². The number of rotatable bonds is 7. The van der Waals surface area contributed by atoms with Crippen molar-refractivity contribution in [2.75, 3.05) is 33.4 Å². The molecule has 1 saturated heterocycles. The first-order chi connectivity index (χ1) is 13.0. The molecular formula is C21H30N4O2. The van der Waals surface area contributed by atoms with Crippen LogP contribution in [0.4, 0.5) is 0 Å². The lowest BCUT2D eigenvalue weighted by molar-refractivity contribution is 0.0511. The van der Waals surface area contributed by atoms with Crippen molar-refractivity contribution in [1.29, 1.82) is 0 Å². The summed E-state index contributed by atoms with van der Waals surface area (Å²) in [5.74, 6) is -0.0285. The van der Waals surface area contributed by atoms with Crippen LogP contribution >= 0.6 is 0 Å². The molecule has 6 heteroatoms. The van der Waals surface area contributed by atoms with Crippen LogP contribution < -0.4 is 10.6 Å². The lowest BCUT2D eigenvalue weighted by Crippen LogP contribution is -2.47. The molecule has 2 heterocycles. The molecule has 6 nitrogen and oxygen atoms in total. The summed E-state index contributed by atoms with van der Waals surface area (Å²) in [5, 5.41) is 11.0. The maximum atomic E-state index is 12.7. The van der Waals surface area contributed by atoms with Crippen LogP contribution in [0, 0.1) is 19.3 Å². The van der Waals surface area contributed by atoms with Gasteiger partial charge < -0.3 is 15.4 Å². The number of carbonyl (C=O) groups is 1. The van der Waals surface area contributed by atoms with Crippen LogP contribution in [0.3, 0.4) is 0 Å². The summed E-state index contributed by atoms with van der Waals surface area (Å²) in [4.78, 5) is 12.7. The number of hydrogen-bond donors (Lipinski definition) is 2. The van der Waals surface area contributed by atoms with Gasteiger partial charge in [-0.3, -0.25) is 9.48 Å². The Kier molecular flexibility index (Phi) is 6.29. The van der Waals surface area contributed by atoms with Gasteiger partial charge in [0.05, 0.1) is 18.8 Å². The number of carbonyl (C=O) groups excluding carboxylic acids is 1. The van der Waals surface area contributed by atoms with Gasteiger partial charge in [-0.05, 0) is 63.5 Å². The molecule has 2 N–H and O–H groups in total. The molecule has 2 aromatic rings. The third kappa shape index (κ3) is 4.96. The molecule has 0 unspecified atom stereocenters. The second-order valence-corrected chi connectivity index (χ2v) is 7.65. The third-order valence-corrected chi connectivity index (χ3v) is 5.36. The van der Waals surface area contributed by atoms with Gasteiger partial charge in [-0.2, -0.15) is 5.10 Å². The minimum atomic E-state index is -0.0285. The van der Waals surface area contributed by atoms with E-state index in [1.54, 1.807) is 7.11 Å². The number of hydrogen-bond acceptors (Lipinski definition) is 4. The van der Waals surface area contributed by atoms with Gasteiger partial charge in [-0.25, -0.2) is 0 Å². The minimum Gasteiger partial charge on any atom is -0.384 e. The number of nitrogens with one attached hydrogen (secondary N) is 2. The molecule has 3 rings (SSSR count). The third-order valence-electron chi connectivity index (χ3n) is 5.36. The first-order valence-electron chi connectivity index (χ1n) is 9.59. The number of benzene rings is 1. The molecule has 0 spiro atoms. The normalized spacial score (nSPS) is 16.3. The van der Waals surface area contributed by atoms with Crippen molar-refractivity contribution in [3.05, 3.63) is 52.8 Å². The topological polar surface area (TPSA) is 68.2 Å². The Bertz CT molecular complexity index is 773. The molecule has 0 aliphatic carbocycles. The van der Waals surface area contributed by atoms with Crippen LogP contribution in [0.15, 0.2) is 30.3 Å². The molecule has 146 valence electrons. The maximum absolute atomic E-state index is 12.7. The van der Waals surface area contributed by atoms with Crippen LogP contribution in [-0.2, 0) is 11.3 Å². The van der Waals surface area contributed by atoms with Gasteiger partial charge in [-0.15, -0.1) is 0 Å². The minimum absolute atomic E-state index is 0.0248. The molecule has 1 aliphatic heterocycles. The average Bonchev–Trinajstić information content (AvgIpc) is 2.98. The summed E-state index contributed by atoms with van der Waals surface area (Å²) in [6.07, 6.45) is 2.03. The predicted molar refractivity (Wildman–Crippen MR) is 106 cm³/mol. The Hall–Kier alpha value is -2.18. The number of methoxy groups -OCH3 is 1. The molecule has 1 fully saturated rings. The Balaban J connectivity index is 1.65. The molecular weight excluding hydrogens is 340 g/mol. The number of aromatic nitrogens is 2. The molecule has 1 amide bonds. The van der Waals surface area contributed by atoms with Crippen LogP contribution in [0.1, 0.15) is 40.2 Å². The van der Waals surface area contributed by atoms with E-state index in [1.165, 1.54) is 0 Å². The van der Waals surface area contributed by atoms with Crippen LogP contribution in [0.25, 0.3) is 0 Å². The van der Waals surface area contributed by atoms with E-state index >= 15 is 0 Å². The smallest absolute Gasteiger partial charge is 0.251 e. The van der Waals surface area contributed by atoms with Gasteiger partial charge in [0.1, 0.15) is 0 Å². The number of amides is 1. The fraction of sp³-hybridized carbons (Fsp3) is 0.524. The Morgan fingerprint density at radius 3 is 2.74 bits per heavy atom. The number of nitrogens with zero attached hydrogens (tertiary/aromatic N) is 2. The van der Waals surface area contributed by atoms with Crippen molar-refractivity contribution in [2.45, 2.75) is 33.2 Å². The summed E-state index contributed by atoms with van der Waals surface area (Å²) < 4.78 is 7.40. The highest BCUT2D eigenvalue weighted by Gasteiger charge is 2.32. The van der Waals surface area contributed by atoms with Gasteiger partial charge in [0.25, 0.3) is 5.91 Å². The second kappa shape index (κ2) is 8.67. The van der Waals surface area contributed by atoms with E-state index in [0.717, 1.165) is 42.9 Å². The van der Waals surface area contributed by atoms with Crippen molar-refractivity contribution in [3.63, 3.8) is 0 Å². The zero-order valence-electron chi connectivity index (χ0n) is 16.5. The van der Waals surface area contributed by atoms with Crippen molar-refractivity contribution in [3.8, 4) is 0 Å². The highest BCUT2D eigenvalue weighted by molar-refractivity contribution is 5.94. The van der Waals surface area contributed by atoms with Crippen molar-refractivity contribution in [1.82, 2.24) is 20.4 Å². The largest absolute Gasteiger partial charge is 0.384 e. The molecule has 1 aromatic carbocycles. The summed E-state index contributed by atoms with van der Waals surface area (Å²) in [7, 11) is 1.73. The number of ether oxygens (including phenoxy) is 1. The Labute approximate surface area is 161 Å². The summed E-state index contributed by atoms with van der Waals surface area (Å²) in [5.41, 5.74) is 3.91. The van der Waals surface area contributed by atoms with Crippen molar-refractivity contribution in [2.24, 2.45) is 5.41 Å². The second-order valence-electron chi connectivity index (χ2n) is 7.65. The van der Waals surface area contributed by atoms with Gasteiger partial charge in [-0.1, -0.05) is 12.1 Å². The van der Waals surface area contributed by atoms with E-state index in [2.05, 4.69) is 21.8 Å². The predicted octanol–water partition coefficient (Wildman–Crippen LogP) is 2.29. The highest BCUT2D eigenvalue weighted by atomic mass is 16.5. The van der Waals surface area contributed by atoms with Gasteiger partial charge in [0.15, 0.2) is 0 Å². The fourth-order valence-corrected chi connectivity index (χ4v) is 3.82. The van der Waals surface area contributed by atoms with Gasteiger partial charge >= 0.3 is 0 Å². The molecule has 1 aliphatic rings. The molecule has 0 atom stereocenters. The van der Waals surface area contributed by atoms with Gasteiger partial charge in [0.2, 0.25) is 0 Å². The number of aryl methyl sites for hydroxylation is 2. The van der Waals surface area contributed by atoms with Crippen LogP contribution in [0.5, 0.6) is 0 Å². The first kappa shape index (κ1) is 19.6. The first-order valence-corrected chi connectivity index (χ1v) is 9.59. The molecule has 1 aromatic heterocycles. The molecule has 0 saturated carbocycles. The SMILES string of the molecule is COCC1(CNC(=O)c2cccc(Cn3nc(C)cc3C)c2)CCNCC1. The zero-order valence-corrected chi connectivity index (χ0v) is 16.5. The summed E-state index contributed by atoms with van der Waals surface area (Å²) >= 11 is 0. The monoisotopic (exact) mass is 370 g/mol. The average molecular weight is 370 g/mol. The lowest BCUT2D eigenvalue weighted by Gasteiger charge is -2.37. The lowest BCUT2D eigenvalue weighted by atomic mass is 9.79. The van der Waals surface area contributed by atoms with E-state index in [0.29, 0.717) is 25.3 Å². The van der Waals surface area contributed by atoms with E-state index in [1.807, 2.05) is 42.8 Å². The maximum Gasteiger partial charge on any atom is 0.251 e. The summed E-state index contributed by atoms with van der Waals surface area (Å²) in [6, 6.07) is 9.85. The zero-order chi connectivity index (χ0) is 19.3. The van der Waals surface area contributed by atoms with E-state index < -0.39 is 0 Å². The van der Waals surface area contributed by atoms with E-state index in [-0.39, 0.29) is 11.3 Å². The summed E-state index contributed by atoms with van der Waals surface area (Å²) in [6.45, 7) is 7.96. The standard InChI is InChI=1S/C21H30N4O2/c1-16-11-17(2)25(24-16)13-18-5-4-6-19(12-18)20(26)23-14-21(15-27-3)7-9-22-10-8-21/h4-6,11-12,22H,7-10,13-15H2,1-3H3,(H,23,26). The van der Waals surface area contributed by atoms with Crippen LogP contribution in [-0.4, -0.2) is 49.0 Å². The van der Waals surface area contributed by atoms with Crippen molar-refractivity contribution >= 4 is 5.91 Å². The highest BCUT2D eigenvalue weighted by Crippen LogP contribution is 2.28. The molecule has 27 heavy (non-hydrogen) atoms. The van der Waals surface area contributed by atoms with E-state index in [4.69, 9.17) is 4.74 Å². The Morgan fingerprint density at radius 2 is 2.07 bits per heavy atom. The quantitative estimate of drug-likeness (QED) is 0.785. The van der Waals surface area contributed by atoms with Crippen LogP contribution in [0.2, 0.25) is 0 Å². The van der Waals surface area contributed by atoms with Crippen molar-refractivity contribution < 1.29 is 9.53 Å². The molecule has 0 bridgehead atoms. The molecule has 0 radical (unpaired) electrons.